The molecule has 1 amide bonds. The van der Waals surface area contributed by atoms with Gasteiger partial charge in [-0.2, -0.15) is 0 Å². The van der Waals surface area contributed by atoms with E-state index < -0.39 is 0 Å². The van der Waals surface area contributed by atoms with Gasteiger partial charge >= 0.3 is 0 Å². The number of benzene rings is 1. The molecule has 0 bridgehead atoms. The molecule has 2 aromatic rings. The fourth-order valence-corrected chi connectivity index (χ4v) is 2.55. The Bertz CT molecular complexity index is 662. The molecular weight excluding hydrogens is 295 g/mol. The van der Waals surface area contributed by atoms with Crippen molar-refractivity contribution in [1.82, 2.24) is 9.88 Å². The van der Waals surface area contributed by atoms with Gasteiger partial charge in [-0.1, -0.05) is 23.2 Å². The van der Waals surface area contributed by atoms with Crippen molar-refractivity contribution in [3.8, 4) is 0 Å². The summed E-state index contributed by atoms with van der Waals surface area (Å²) in [5, 5.41) is 3.75. The number of halogens is 2. The Balaban J connectivity index is 2.10. The summed E-state index contributed by atoms with van der Waals surface area (Å²) in [6, 6.07) is 6.92. The third kappa shape index (κ3) is 3.00. The summed E-state index contributed by atoms with van der Waals surface area (Å²) in [5.74, 6) is -0.201. The summed E-state index contributed by atoms with van der Waals surface area (Å²) in [5.41, 5.74) is 3.84. The van der Waals surface area contributed by atoms with Gasteiger partial charge in [0, 0.05) is 30.0 Å². The Morgan fingerprint density at radius 2 is 1.95 bits per heavy atom. The van der Waals surface area contributed by atoms with Crippen LogP contribution in [0.3, 0.4) is 0 Å². The molecule has 0 aliphatic carbocycles. The highest BCUT2D eigenvalue weighted by atomic mass is 35.5. The monoisotopic (exact) mass is 310 g/mol. The van der Waals surface area contributed by atoms with Crippen LogP contribution in [0.2, 0.25) is 10.0 Å². The molecule has 0 saturated heterocycles. The summed E-state index contributed by atoms with van der Waals surface area (Å²) in [6.45, 7) is 4.55. The summed E-state index contributed by atoms with van der Waals surface area (Å²) in [4.78, 5) is 12.1. The summed E-state index contributed by atoms with van der Waals surface area (Å²) in [6.07, 6.45) is 0. The average molecular weight is 311 g/mol. The predicted octanol–water partition coefficient (Wildman–Crippen LogP) is 3.88. The zero-order chi connectivity index (χ0) is 14.9. The molecule has 5 heteroatoms. The van der Waals surface area contributed by atoms with Crippen LogP contribution >= 0.6 is 23.2 Å². The molecule has 0 fully saturated rings. The van der Waals surface area contributed by atoms with Crippen LogP contribution in [0.15, 0.2) is 24.3 Å². The van der Waals surface area contributed by atoms with E-state index in [9.17, 15) is 4.79 Å². The van der Waals surface area contributed by atoms with Crippen LogP contribution in [0.4, 0.5) is 0 Å². The fraction of sp³-hybridized carbons (Fsp3) is 0.267. The number of nitrogens with one attached hydrogen (secondary N) is 1. The first-order valence-corrected chi connectivity index (χ1v) is 7.00. The zero-order valence-electron chi connectivity index (χ0n) is 11.6. The second kappa shape index (κ2) is 5.90. The van der Waals surface area contributed by atoms with E-state index in [0.29, 0.717) is 22.2 Å². The lowest BCUT2D eigenvalue weighted by molar-refractivity contribution is 0.0951. The van der Waals surface area contributed by atoms with Crippen molar-refractivity contribution in [2.75, 3.05) is 0 Å². The van der Waals surface area contributed by atoms with Crippen molar-refractivity contribution in [3.05, 3.63) is 56.8 Å². The maximum Gasteiger partial charge on any atom is 0.253 e. The highest BCUT2D eigenvalue weighted by Gasteiger charge is 2.12. The number of carbonyl (C=O) groups is 1. The quantitative estimate of drug-likeness (QED) is 0.917. The van der Waals surface area contributed by atoms with Crippen LogP contribution in [0.1, 0.15) is 27.3 Å². The van der Waals surface area contributed by atoms with E-state index in [1.807, 2.05) is 20.9 Å². The second-order valence-electron chi connectivity index (χ2n) is 4.76. The molecule has 106 valence electrons. The van der Waals surface area contributed by atoms with Crippen LogP contribution in [0.5, 0.6) is 0 Å². The number of amides is 1. The number of carbonyl (C=O) groups excluding carboxylic acids is 1. The SMILES string of the molecule is Cc1cc(CNC(=O)c2ccc(Cl)cc2Cl)c(C)n1C. The largest absolute Gasteiger partial charge is 0.352 e. The minimum Gasteiger partial charge on any atom is -0.352 e. The standard InChI is InChI=1S/C15H16Cl2N2O/c1-9-6-11(10(2)19(9)3)8-18-15(20)13-5-4-12(16)7-14(13)17/h4-7H,8H2,1-3H3,(H,18,20). The van der Waals surface area contributed by atoms with Crippen molar-refractivity contribution in [1.29, 1.82) is 0 Å². The molecule has 1 aromatic heterocycles. The van der Waals surface area contributed by atoms with E-state index in [1.165, 1.54) is 0 Å². The maximum atomic E-state index is 12.1. The van der Waals surface area contributed by atoms with E-state index in [1.54, 1.807) is 18.2 Å². The molecule has 0 saturated carbocycles. The van der Waals surface area contributed by atoms with Crippen molar-refractivity contribution >= 4 is 29.1 Å². The Morgan fingerprint density at radius 3 is 2.50 bits per heavy atom. The van der Waals surface area contributed by atoms with Crippen molar-refractivity contribution in [2.45, 2.75) is 20.4 Å². The first kappa shape index (κ1) is 14.9. The lowest BCUT2D eigenvalue weighted by Crippen LogP contribution is -2.23. The van der Waals surface area contributed by atoms with Gasteiger partial charge in [-0.05, 0) is 43.7 Å². The van der Waals surface area contributed by atoms with Crippen molar-refractivity contribution < 1.29 is 4.79 Å². The number of hydrogen-bond donors (Lipinski definition) is 1. The van der Waals surface area contributed by atoms with Gasteiger partial charge in [0.05, 0.1) is 10.6 Å². The first-order valence-electron chi connectivity index (χ1n) is 6.25. The molecule has 1 aromatic carbocycles. The average Bonchev–Trinajstić information content (AvgIpc) is 2.63. The van der Waals surface area contributed by atoms with Gasteiger partial charge in [0.1, 0.15) is 0 Å². The van der Waals surface area contributed by atoms with E-state index in [0.717, 1.165) is 17.0 Å². The fourth-order valence-electron chi connectivity index (χ4n) is 2.06. The third-order valence-corrected chi connectivity index (χ3v) is 4.04. The Morgan fingerprint density at radius 1 is 1.25 bits per heavy atom. The molecule has 0 aliphatic heterocycles. The normalized spacial score (nSPS) is 10.7. The predicted molar refractivity (Wildman–Crippen MR) is 82.5 cm³/mol. The number of hydrogen-bond acceptors (Lipinski definition) is 1. The number of aryl methyl sites for hydroxylation is 1. The maximum absolute atomic E-state index is 12.1. The van der Waals surface area contributed by atoms with Gasteiger partial charge in [0.2, 0.25) is 0 Å². The highest BCUT2D eigenvalue weighted by molar-refractivity contribution is 6.36. The molecule has 0 atom stereocenters. The molecule has 3 nitrogen and oxygen atoms in total. The molecule has 0 unspecified atom stereocenters. The molecule has 0 spiro atoms. The van der Waals surface area contributed by atoms with Crippen molar-refractivity contribution in [2.24, 2.45) is 7.05 Å². The Labute approximate surface area is 128 Å². The van der Waals surface area contributed by atoms with Gasteiger partial charge in [-0.3, -0.25) is 4.79 Å². The summed E-state index contributed by atoms with van der Waals surface area (Å²) in [7, 11) is 2.01. The lowest BCUT2D eigenvalue weighted by atomic mass is 10.2. The molecule has 0 radical (unpaired) electrons. The van der Waals surface area contributed by atoms with Gasteiger partial charge in [0.15, 0.2) is 0 Å². The van der Waals surface area contributed by atoms with E-state index in [4.69, 9.17) is 23.2 Å². The van der Waals surface area contributed by atoms with Crippen LogP contribution in [0, 0.1) is 13.8 Å². The number of aromatic nitrogens is 1. The molecule has 2 rings (SSSR count). The number of nitrogens with zero attached hydrogens (tertiary/aromatic N) is 1. The van der Waals surface area contributed by atoms with Crippen LogP contribution < -0.4 is 5.32 Å². The van der Waals surface area contributed by atoms with Crippen molar-refractivity contribution in [3.63, 3.8) is 0 Å². The van der Waals surface area contributed by atoms with Crippen LogP contribution in [-0.2, 0) is 13.6 Å². The molecular formula is C15H16Cl2N2O. The molecule has 20 heavy (non-hydrogen) atoms. The highest BCUT2D eigenvalue weighted by Crippen LogP contribution is 2.21. The lowest BCUT2D eigenvalue weighted by Gasteiger charge is -2.07. The Kier molecular flexibility index (Phi) is 4.41. The minimum absolute atomic E-state index is 0.201. The molecule has 1 heterocycles. The third-order valence-electron chi connectivity index (χ3n) is 3.50. The zero-order valence-corrected chi connectivity index (χ0v) is 13.1. The van der Waals surface area contributed by atoms with E-state index >= 15 is 0 Å². The number of rotatable bonds is 3. The topological polar surface area (TPSA) is 34.0 Å². The summed E-state index contributed by atoms with van der Waals surface area (Å²) < 4.78 is 2.09. The smallest absolute Gasteiger partial charge is 0.253 e. The van der Waals surface area contributed by atoms with Gasteiger partial charge in [0.25, 0.3) is 5.91 Å². The van der Waals surface area contributed by atoms with E-state index in [2.05, 4.69) is 16.0 Å². The van der Waals surface area contributed by atoms with Crippen LogP contribution in [0.25, 0.3) is 0 Å². The molecule has 1 N–H and O–H groups in total. The molecule has 0 aliphatic rings. The van der Waals surface area contributed by atoms with Gasteiger partial charge in [-0.25, -0.2) is 0 Å². The van der Waals surface area contributed by atoms with Crippen LogP contribution in [-0.4, -0.2) is 10.5 Å². The summed E-state index contributed by atoms with van der Waals surface area (Å²) >= 11 is 11.8. The van der Waals surface area contributed by atoms with Gasteiger partial charge in [-0.15, -0.1) is 0 Å². The second-order valence-corrected chi connectivity index (χ2v) is 5.61. The van der Waals surface area contributed by atoms with Gasteiger partial charge < -0.3 is 9.88 Å². The Hall–Kier alpha value is -1.45. The first-order chi connectivity index (χ1) is 9.40. The van der Waals surface area contributed by atoms with E-state index in [-0.39, 0.29) is 5.91 Å². The minimum atomic E-state index is -0.201.